The Balaban J connectivity index is 0.00000225. The number of halogens is 1. The van der Waals surface area contributed by atoms with E-state index >= 15 is 0 Å². The summed E-state index contributed by atoms with van der Waals surface area (Å²) in [5, 5.41) is 3.34. The van der Waals surface area contributed by atoms with Gasteiger partial charge in [0.25, 0.3) is 0 Å². The molecule has 0 aliphatic carbocycles. The molecule has 2 saturated heterocycles. The van der Waals surface area contributed by atoms with E-state index in [0.29, 0.717) is 30.6 Å². The van der Waals surface area contributed by atoms with Crippen molar-refractivity contribution in [1.29, 1.82) is 0 Å². The second kappa shape index (κ2) is 8.67. The Morgan fingerprint density at radius 1 is 1.14 bits per heavy atom. The van der Waals surface area contributed by atoms with Crippen molar-refractivity contribution in [2.75, 3.05) is 50.7 Å². The number of aryl methyl sites for hydroxylation is 1. The highest BCUT2D eigenvalue weighted by molar-refractivity contribution is 7.89. The van der Waals surface area contributed by atoms with E-state index in [-0.39, 0.29) is 18.3 Å². The molecule has 9 heteroatoms. The lowest BCUT2D eigenvalue weighted by molar-refractivity contribution is -0.116. The van der Waals surface area contributed by atoms with Crippen molar-refractivity contribution in [2.45, 2.75) is 37.1 Å². The summed E-state index contributed by atoms with van der Waals surface area (Å²) >= 11 is 0. The zero-order valence-electron chi connectivity index (χ0n) is 16.3. The van der Waals surface area contributed by atoms with Gasteiger partial charge in [0, 0.05) is 64.5 Å². The Morgan fingerprint density at radius 2 is 1.89 bits per heavy atom. The highest BCUT2D eigenvalue weighted by atomic mass is 35.5. The van der Waals surface area contributed by atoms with Crippen LogP contribution in [-0.2, 0) is 21.2 Å². The van der Waals surface area contributed by atoms with Gasteiger partial charge in [-0.15, -0.1) is 12.4 Å². The SMILES string of the molecule is CC(=O)N1CCCc2ccc(S(=O)(=O)N3CCC(N4CCNCC4)C3)cc21.Cl. The number of carbonyl (C=O) groups excluding carboxylic acids is 1. The molecule has 1 aromatic rings. The second-order valence-corrected chi connectivity index (χ2v) is 9.59. The lowest BCUT2D eigenvalue weighted by atomic mass is 10.0. The fraction of sp³-hybridized carbons (Fsp3) is 0.632. The van der Waals surface area contributed by atoms with Crippen molar-refractivity contribution in [3.8, 4) is 0 Å². The minimum absolute atomic E-state index is 0. The van der Waals surface area contributed by atoms with E-state index in [1.54, 1.807) is 21.3 Å². The maximum atomic E-state index is 13.2. The zero-order valence-corrected chi connectivity index (χ0v) is 17.9. The Hall–Kier alpha value is -1.19. The number of amides is 1. The first-order chi connectivity index (χ1) is 13.0. The predicted molar refractivity (Wildman–Crippen MR) is 112 cm³/mol. The van der Waals surface area contributed by atoms with Crippen LogP contribution in [0.5, 0.6) is 0 Å². The van der Waals surface area contributed by atoms with Crippen LogP contribution in [0.2, 0.25) is 0 Å². The van der Waals surface area contributed by atoms with Gasteiger partial charge in [0.2, 0.25) is 15.9 Å². The minimum atomic E-state index is -3.54. The summed E-state index contributed by atoms with van der Waals surface area (Å²) in [6.45, 7) is 7.19. The van der Waals surface area contributed by atoms with Crippen LogP contribution in [0.3, 0.4) is 0 Å². The molecule has 1 amide bonds. The van der Waals surface area contributed by atoms with Gasteiger partial charge in [-0.05, 0) is 37.0 Å². The quantitative estimate of drug-likeness (QED) is 0.779. The number of benzene rings is 1. The van der Waals surface area contributed by atoms with Gasteiger partial charge in [-0.1, -0.05) is 6.07 Å². The molecule has 0 bridgehead atoms. The van der Waals surface area contributed by atoms with E-state index in [9.17, 15) is 13.2 Å². The number of anilines is 1. The molecule has 3 aliphatic heterocycles. The van der Waals surface area contributed by atoms with Gasteiger partial charge in [-0.25, -0.2) is 8.42 Å². The number of nitrogens with zero attached hydrogens (tertiary/aromatic N) is 3. The van der Waals surface area contributed by atoms with Crippen molar-refractivity contribution in [3.63, 3.8) is 0 Å². The third kappa shape index (κ3) is 4.07. The number of piperazine rings is 1. The minimum Gasteiger partial charge on any atom is -0.314 e. The normalized spacial score (nSPS) is 23.9. The maximum Gasteiger partial charge on any atom is 0.243 e. The third-order valence-electron chi connectivity index (χ3n) is 5.99. The molecule has 3 aliphatic rings. The zero-order chi connectivity index (χ0) is 19.0. The lowest BCUT2D eigenvalue weighted by Crippen LogP contribution is -2.49. The molecule has 1 unspecified atom stereocenters. The number of fused-ring (bicyclic) bond motifs is 1. The van der Waals surface area contributed by atoms with Gasteiger partial charge in [0.1, 0.15) is 0 Å². The highest BCUT2D eigenvalue weighted by Gasteiger charge is 2.36. The van der Waals surface area contributed by atoms with Gasteiger partial charge in [-0.2, -0.15) is 4.31 Å². The number of hydrogen-bond acceptors (Lipinski definition) is 5. The van der Waals surface area contributed by atoms with E-state index in [1.807, 2.05) is 6.07 Å². The van der Waals surface area contributed by atoms with Crippen LogP contribution >= 0.6 is 12.4 Å². The molecule has 7 nitrogen and oxygen atoms in total. The largest absolute Gasteiger partial charge is 0.314 e. The summed E-state index contributed by atoms with van der Waals surface area (Å²) in [6.07, 6.45) is 2.68. The Kier molecular flexibility index (Phi) is 6.66. The van der Waals surface area contributed by atoms with Crippen LogP contribution in [0.15, 0.2) is 23.1 Å². The summed E-state index contributed by atoms with van der Waals surface area (Å²) < 4.78 is 28.0. The first-order valence-corrected chi connectivity index (χ1v) is 11.3. The van der Waals surface area contributed by atoms with E-state index in [1.165, 1.54) is 6.92 Å². The van der Waals surface area contributed by atoms with Crippen LogP contribution in [0, 0.1) is 0 Å². The van der Waals surface area contributed by atoms with Crippen LogP contribution in [-0.4, -0.2) is 75.4 Å². The fourth-order valence-corrected chi connectivity index (χ4v) is 5.98. The Bertz CT molecular complexity index is 826. The fourth-order valence-electron chi connectivity index (χ4n) is 4.47. The molecule has 1 N–H and O–H groups in total. The van der Waals surface area contributed by atoms with E-state index in [2.05, 4.69) is 10.2 Å². The Morgan fingerprint density at radius 3 is 2.61 bits per heavy atom. The average molecular weight is 429 g/mol. The second-order valence-electron chi connectivity index (χ2n) is 7.66. The van der Waals surface area contributed by atoms with Crippen LogP contribution in [0.4, 0.5) is 5.69 Å². The predicted octanol–water partition coefficient (Wildman–Crippen LogP) is 1.08. The molecule has 4 rings (SSSR count). The van der Waals surface area contributed by atoms with E-state index in [0.717, 1.165) is 56.7 Å². The monoisotopic (exact) mass is 428 g/mol. The number of nitrogens with one attached hydrogen (secondary N) is 1. The molecule has 1 atom stereocenters. The van der Waals surface area contributed by atoms with Gasteiger partial charge in [0.05, 0.1) is 4.90 Å². The van der Waals surface area contributed by atoms with Crippen molar-refractivity contribution in [1.82, 2.24) is 14.5 Å². The summed E-state index contributed by atoms with van der Waals surface area (Å²) in [4.78, 5) is 16.4. The molecule has 3 heterocycles. The highest BCUT2D eigenvalue weighted by Crippen LogP contribution is 2.32. The van der Waals surface area contributed by atoms with Crippen molar-refractivity contribution in [3.05, 3.63) is 23.8 Å². The number of rotatable bonds is 3. The summed E-state index contributed by atoms with van der Waals surface area (Å²) in [6, 6.07) is 5.58. The van der Waals surface area contributed by atoms with Gasteiger partial charge >= 0.3 is 0 Å². The number of sulfonamides is 1. The average Bonchev–Trinajstić information content (AvgIpc) is 3.19. The topological polar surface area (TPSA) is 73.0 Å². The Labute approximate surface area is 173 Å². The molecule has 2 fully saturated rings. The van der Waals surface area contributed by atoms with Crippen molar-refractivity contribution in [2.24, 2.45) is 0 Å². The first-order valence-electron chi connectivity index (χ1n) is 9.83. The van der Waals surface area contributed by atoms with E-state index < -0.39 is 10.0 Å². The molecule has 0 aromatic heterocycles. The molecular formula is C19H29ClN4O3S. The molecule has 0 saturated carbocycles. The summed E-state index contributed by atoms with van der Waals surface area (Å²) in [7, 11) is -3.54. The summed E-state index contributed by atoms with van der Waals surface area (Å²) in [5.74, 6) is -0.0366. The van der Waals surface area contributed by atoms with E-state index in [4.69, 9.17) is 0 Å². The van der Waals surface area contributed by atoms with Gasteiger partial charge in [0.15, 0.2) is 0 Å². The number of carbonyl (C=O) groups is 1. The van der Waals surface area contributed by atoms with Gasteiger partial charge < -0.3 is 10.2 Å². The van der Waals surface area contributed by atoms with Crippen molar-refractivity contribution >= 4 is 34.0 Å². The van der Waals surface area contributed by atoms with Crippen LogP contribution in [0.25, 0.3) is 0 Å². The number of hydrogen-bond donors (Lipinski definition) is 1. The summed E-state index contributed by atoms with van der Waals surface area (Å²) in [5.41, 5.74) is 1.81. The van der Waals surface area contributed by atoms with Crippen LogP contribution in [0.1, 0.15) is 25.3 Å². The third-order valence-corrected chi connectivity index (χ3v) is 7.85. The maximum absolute atomic E-state index is 13.2. The van der Waals surface area contributed by atoms with Gasteiger partial charge in [-0.3, -0.25) is 9.69 Å². The molecule has 0 spiro atoms. The smallest absolute Gasteiger partial charge is 0.243 e. The van der Waals surface area contributed by atoms with Crippen molar-refractivity contribution < 1.29 is 13.2 Å². The lowest BCUT2D eigenvalue weighted by Gasteiger charge is -2.32. The molecular weight excluding hydrogens is 400 g/mol. The molecule has 156 valence electrons. The first kappa shape index (κ1) is 21.5. The standard InChI is InChI=1S/C19H28N4O3S.ClH/c1-15(24)23-9-2-3-16-4-5-18(13-19(16)23)27(25,26)22-10-6-17(14-22)21-11-7-20-8-12-21;/h4-5,13,17,20H,2-3,6-12,14H2,1H3;1H. The van der Waals surface area contributed by atoms with Crippen LogP contribution < -0.4 is 10.2 Å². The molecule has 0 radical (unpaired) electrons. The molecule has 28 heavy (non-hydrogen) atoms. The molecule has 1 aromatic carbocycles.